The molecular formula is C19H21N3O4. The summed E-state index contributed by atoms with van der Waals surface area (Å²) in [6, 6.07) is 13.9. The number of hydrogen-bond acceptors (Lipinski definition) is 5. The van der Waals surface area contributed by atoms with Crippen molar-refractivity contribution in [2.45, 2.75) is 6.92 Å². The van der Waals surface area contributed by atoms with E-state index in [1.807, 2.05) is 25.1 Å². The van der Waals surface area contributed by atoms with Crippen LogP contribution in [0, 0.1) is 0 Å². The molecule has 0 heterocycles. The molecule has 0 saturated carbocycles. The van der Waals surface area contributed by atoms with E-state index in [0.29, 0.717) is 23.7 Å². The van der Waals surface area contributed by atoms with E-state index >= 15 is 0 Å². The van der Waals surface area contributed by atoms with E-state index in [0.717, 1.165) is 5.56 Å². The van der Waals surface area contributed by atoms with Crippen LogP contribution in [0.5, 0.6) is 11.5 Å². The Hall–Kier alpha value is -3.35. The first-order valence-electron chi connectivity index (χ1n) is 8.09. The maximum absolute atomic E-state index is 12.0. The number of rotatable bonds is 8. The average molecular weight is 355 g/mol. The van der Waals surface area contributed by atoms with Gasteiger partial charge in [0.1, 0.15) is 11.5 Å². The van der Waals surface area contributed by atoms with Crippen LogP contribution in [0.3, 0.4) is 0 Å². The highest BCUT2D eigenvalue weighted by Crippen LogP contribution is 2.12. The molecule has 0 spiro atoms. The maximum atomic E-state index is 12.0. The molecule has 2 aromatic rings. The van der Waals surface area contributed by atoms with Crippen LogP contribution in [0.2, 0.25) is 0 Å². The molecule has 136 valence electrons. The number of carbonyl (C=O) groups excluding carboxylic acids is 2. The van der Waals surface area contributed by atoms with E-state index in [-0.39, 0.29) is 12.5 Å². The molecule has 26 heavy (non-hydrogen) atoms. The van der Waals surface area contributed by atoms with E-state index < -0.39 is 5.91 Å². The molecule has 7 nitrogen and oxygen atoms in total. The van der Waals surface area contributed by atoms with Crippen molar-refractivity contribution in [3.63, 3.8) is 0 Å². The Kier molecular flexibility index (Phi) is 7.17. The normalized spacial score (nSPS) is 10.4. The summed E-state index contributed by atoms with van der Waals surface area (Å²) in [5.74, 6) is 0.611. The third kappa shape index (κ3) is 5.94. The van der Waals surface area contributed by atoms with Crippen molar-refractivity contribution in [3.8, 4) is 11.5 Å². The Morgan fingerprint density at radius 2 is 1.88 bits per heavy atom. The highest BCUT2D eigenvalue weighted by Gasteiger charge is 2.07. The molecule has 2 aromatic carbocycles. The van der Waals surface area contributed by atoms with Gasteiger partial charge in [-0.3, -0.25) is 9.59 Å². The zero-order valence-electron chi connectivity index (χ0n) is 14.7. The van der Waals surface area contributed by atoms with Crippen molar-refractivity contribution >= 4 is 18.0 Å². The minimum atomic E-state index is -0.427. The summed E-state index contributed by atoms with van der Waals surface area (Å²) in [5.41, 5.74) is 3.58. The number of hydrogen-bond donors (Lipinski definition) is 2. The second-order valence-corrected chi connectivity index (χ2v) is 5.21. The second kappa shape index (κ2) is 9.83. The molecule has 2 rings (SSSR count). The molecule has 0 radical (unpaired) electrons. The largest absolute Gasteiger partial charge is 0.497 e. The second-order valence-electron chi connectivity index (χ2n) is 5.21. The lowest BCUT2D eigenvalue weighted by molar-refractivity contribution is -0.120. The molecule has 0 atom stereocenters. The summed E-state index contributed by atoms with van der Waals surface area (Å²) >= 11 is 0. The zero-order chi connectivity index (χ0) is 18.8. The van der Waals surface area contributed by atoms with Gasteiger partial charge in [-0.2, -0.15) is 5.10 Å². The molecule has 0 bridgehead atoms. The van der Waals surface area contributed by atoms with Crippen molar-refractivity contribution in [1.82, 2.24) is 10.7 Å². The number of amides is 2. The van der Waals surface area contributed by atoms with Gasteiger partial charge in [-0.15, -0.1) is 0 Å². The average Bonchev–Trinajstić information content (AvgIpc) is 2.67. The molecule has 0 fully saturated rings. The zero-order valence-corrected chi connectivity index (χ0v) is 14.7. The molecule has 7 heteroatoms. The Balaban J connectivity index is 1.78. The molecule has 0 unspecified atom stereocenters. The van der Waals surface area contributed by atoms with Crippen molar-refractivity contribution < 1.29 is 19.1 Å². The van der Waals surface area contributed by atoms with Crippen LogP contribution in [0.1, 0.15) is 22.8 Å². The van der Waals surface area contributed by atoms with Gasteiger partial charge in [-0.25, -0.2) is 5.43 Å². The lowest BCUT2D eigenvalue weighted by atomic mass is 10.2. The Bertz CT molecular complexity index is 773. The van der Waals surface area contributed by atoms with Crippen molar-refractivity contribution in [2.75, 3.05) is 20.3 Å². The van der Waals surface area contributed by atoms with Gasteiger partial charge in [0.15, 0.2) is 0 Å². The van der Waals surface area contributed by atoms with Gasteiger partial charge >= 0.3 is 0 Å². The van der Waals surface area contributed by atoms with Crippen LogP contribution in [-0.4, -0.2) is 38.3 Å². The van der Waals surface area contributed by atoms with E-state index in [4.69, 9.17) is 9.47 Å². The van der Waals surface area contributed by atoms with Crippen LogP contribution in [0.25, 0.3) is 0 Å². The van der Waals surface area contributed by atoms with Crippen LogP contribution < -0.4 is 20.2 Å². The van der Waals surface area contributed by atoms with Crippen LogP contribution in [-0.2, 0) is 4.79 Å². The van der Waals surface area contributed by atoms with Gasteiger partial charge in [0.05, 0.1) is 26.5 Å². The highest BCUT2D eigenvalue weighted by molar-refractivity contribution is 5.96. The molecule has 0 aliphatic carbocycles. The first kappa shape index (κ1) is 19.0. The lowest BCUT2D eigenvalue weighted by Crippen LogP contribution is -2.34. The lowest BCUT2D eigenvalue weighted by Gasteiger charge is -2.06. The van der Waals surface area contributed by atoms with Gasteiger partial charge in [0.2, 0.25) is 0 Å². The summed E-state index contributed by atoms with van der Waals surface area (Å²) in [6.45, 7) is 2.26. The fourth-order valence-electron chi connectivity index (χ4n) is 2.07. The minimum Gasteiger partial charge on any atom is -0.497 e. The van der Waals surface area contributed by atoms with Crippen LogP contribution in [0.15, 0.2) is 53.6 Å². The molecule has 0 aromatic heterocycles. The van der Waals surface area contributed by atoms with Gasteiger partial charge in [-0.05, 0) is 48.9 Å². The standard InChI is InChI=1S/C19H21N3O4/c1-3-26-16-9-7-15(8-10-16)19(24)20-13-18(23)22-21-12-14-5-4-6-17(11-14)25-2/h4-12H,3,13H2,1-2H3,(H,20,24)(H,22,23)/b21-12-. The maximum Gasteiger partial charge on any atom is 0.259 e. The molecule has 2 amide bonds. The van der Waals surface area contributed by atoms with Crippen LogP contribution >= 0.6 is 0 Å². The molecule has 2 N–H and O–H groups in total. The number of ether oxygens (including phenoxy) is 2. The summed E-state index contributed by atoms with van der Waals surface area (Å²) in [7, 11) is 1.57. The van der Waals surface area contributed by atoms with Crippen molar-refractivity contribution in [1.29, 1.82) is 0 Å². The van der Waals surface area contributed by atoms with Crippen molar-refractivity contribution in [2.24, 2.45) is 5.10 Å². The van der Waals surface area contributed by atoms with Gasteiger partial charge < -0.3 is 14.8 Å². The SMILES string of the molecule is CCOc1ccc(C(=O)NCC(=O)N/N=C\c2cccc(OC)c2)cc1. The predicted octanol–water partition coefficient (Wildman–Crippen LogP) is 1.97. The van der Waals surface area contributed by atoms with E-state index in [1.165, 1.54) is 6.21 Å². The first-order valence-corrected chi connectivity index (χ1v) is 8.09. The Morgan fingerprint density at radius 1 is 1.12 bits per heavy atom. The minimum absolute atomic E-state index is 0.179. The monoisotopic (exact) mass is 355 g/mol. The quantitative estimate of drug-likeness (QED) is 0.560. The number of benzene rings is 2. The molecular weight excluding hydrogens is 334 g/mol. The summed E-state index contributed by atoms with van der Waals surface area (Å²) in [5, 5.41) is 6.38. The number of nitrogens with zero attached hydrogens (tertiary/aromatic N) is 1. The molecule has 0 saturated heterocycles. The number of methoxy groups -OCH3 is 1. The topological polar surface area (TPSA) is 89.0 Å². The van der Waals surface area contributed by atoms with Crippen molar-refractivity contribution in [3.05, 3.63) is 59.7 Å². The number of carbonyl (C=O) groups is 2. The Labute approximate surface area is 152 Å². The van der Waals surface area contributed by atoms with E-state index in [1.54, 1.807) is 37.4 Å². The molecule has 0 aliphatic rings. The number of nitrogens with one attached hydrogen (secondary N) is 2. The third-order valence-corrected chi connectivity index (χ3v) is 3.33. The fourth-order valence-corrected chi connectivity index (χ4v) is 2.07. The van der Waals surface area contributed by atoms with Crippen LogP contribution in [0.4, 0.5) is 0 Å². The third-order valence-electron chi connectivity index (χ3n) is 3.33. The van der Waals surface area contributed by atoms with Gasteiger partial charge in [0, 0.05) is 5.56 Å². The van der Waals surface area contributed by atoms with E-state index in [9.17, 15) is 9.59 Å². The first-order chi connectivity index (χ1) is 12.6. The summed E-state index contributed by atoms with van der Waals surface area (Å²) < 4.78 is 10.4. The smallest absolute Gasteiger partial charge is 0.259 e. The predicted molar refractivity (Wildman–Crippen MR) is 98.7 cm³/mol. The van der Waals surface area contributed by atoms with Gasteiger partial charge in [-0.1, -0.05) is 12.1 Å². The highest BCUT2D eigenvalue weighted by atomic mass is 16.5. The van der Waals surface area contributed by atoms with E-state index in [2.05, 4.69) is 15.8 Å². The van der Waals surface area contributed by atoms with Gasteiger partial charge in [0.25, 0.3) is 11.8 Å². The molecule has 0 aliphatic heterocycles. The Morgan fingerprint density at radius 3 is 2.58 bits per heavy atom. The number of hydrazone groups is 1. The summed E-state index contributed by atoms with van der Waals surface area (Å²) in [6.07, 6.45) is 1.49. The fraction of sp³-hybridized carbons (Fsp3) is 0.211. The summed E-state index contributed by atoms with van der Waals surface area (Å²) in [4.78, 5) is 23.7.